The van der Waals surface area contributed by atoms with Gasteiger partial charge in [-0.15, -0.1) is 0 Å². The van der Waals surface area contributed by atoms with E-state index in [1.54, 1.807) is 18.9 Å². The topological polar surface area (TPSA) is 58.6 Å². The van der Waals surface area contributed by atoms with Crippen molar-refractivity contribution in [2.75, 3.05) is 20.3 Å². The van der Waals surface area contributed by atoms with Gasteiger partial charge in [0.25, 0.3) is 0 Å². The average Bonchev–Trinajstić information content (AvgIpc) is 3.15. The van der Waals surface area contributed by atoms with Gasteiger partial charge in [0.05, 0.1) is 0 Å². The Morgan fingerprint density at radius 2 is 2.11 bits per heavy atom. The molecular formula is C13H22N2O3. The number of carbonyl (C=O) groups is 2. The van der Waals surface area contributed by atoms with Crippen LogP contribution in [0.5, 0.6) is 0 Å². The number of amides is 2. The summed E-state index contributed by atoms with van der Waals surface area (Å²) in [5, 5.41) is 2.91. The minimum Gasteiger partial charge on any atom is -0.385 e. The summed E-state index contributed by atoms with van der Waals surface area (Å²) < 4.78 is 5.00. The van der Waals surface area contributed by atoms with Gasteiger partial charge in [-0.2, -0.15) is 0 Å². The molecule has 1 N–H and O–H groups in total. The molecule has 5 nitrogen and oxygen atoms in total. The predicted octanol–water partition coefficient (Wildman–Crippen LogP) is 0.538. The SMILES string of the molecule is COCCCN1C(=O)C(C)(C2CC2)NC(=O)C1C. The molecule has 5 heteroatoms. The number of carbonyl (C=O) groups excluding carboxylic acids is 2. The van der Waals surface area contributed by atoms with E-state index in [2.05, 4.69) is 5.32 Å². The maximum absolute atomic E-state index is 12.5. The third-order valence-electron chi connectivity index (χ3n) is 4.08. The first kappa shape index (κ1) is 13.3. The summed E-state index contributed by atoms with van der Waals surface area (Å²) in [6, 6.07) is -0.374. The fourth-order valence-electron chi connectivity index (χ4n) is 2.64. The van der Waals surface area contributed by atoms with Crippen LogP contribution in [0.3, 0.4) is 0 Å². The Kier molecular flexibility index (Phi) is 3.61. The predicted molar refractivity (Wildman–Crippen MR) is 66.9 cm³/mol. The highest BCUT2D eigenvalue weighted by Gasteiger charge is 2.54. The van der Waals surface area contributed by atoms with Gasteiger partial charge in [0, 0.05) is 20.3 Å². The zero-order valence-corrected chi connectivity index (χ0v) is 11.4. The summed E-state index contributed by atoms with van der Waals surface area (Å²) in [5.41, 5.74) is -0.684. The lowest BCUT2D eigenvalue weighted by Gasteiger charge is -2.43. The second-order valence-electron chi connectivity index (χ2n) is 5.49. The van der Waals surface area contributed by atoms with Gasteiger partial charge in [0.15, 0.2) is 0 Å². The van der Waals surface area contributed by atoms with Gasteiger partial charge in [-0.3, -0.25) is 9.59 Å². The monoisotopic (exact) mass is 254 g/mol. The van der Waals surface area contributed by atoms with Gasteiger partial charge in [-0.25, -0.2) is 0 Å². The molecule has 1 saturated heterocycles. The number of piperazine rings is 1. The highest BCUT2D eigenvalue weighted by Crippen LogP contribution is 2.42. The number of nitrogens with one attached hydrogen (secondary N) is 1. The van der Waals surface area contributed by atoms with E-state index in [4.69, 9.17) is 4.74 Å². The molecule has 102 valence electrons. The van der Waals surface area contributed by atoms with Crippen molar-refractivity contribution in [3.8, 4) is 0 Å². The van der Waals surface area contributed by atoms with Gasteiger partial charge in [0.1, 0.15) is 11.6 Å². The fourth-order valence-corrected chi connectivity index (χ4v) is 2.64. The van der Waals surface area contributed by atoms with E-state index in [1.807, 2.05) is 6.92 Å². The van der Waals surface area contributed by atoms with Gasteiger partial charge >= 0.3 is 0 Å². The highest BCUT2D eigenvalue weighted by molar-refractivity contribution is 5.99. The van der Waals surface area contributed by atoms with Crippen molar-refractivity contribution in [3.05, 3.63) is 0 Å². The summed E-state index contributed by atoms with van der Waals surface area (Å²) in [5.74, 6) is 0.334. The van der Waals surface area contributed by atoms with Crippen LogP contribution in [0.15, 0.2) is 0 Å². The van der Waals surface area contributed by atoms with E-state index in [0.29, 0.717) is 19.1 Å². The van der Waals surface area contributed by atoms with E-state index < -0.39 is 5.54 Å². The minimum atomic E-state index is -0.684. The maximum Gasteiger partial charge on any atom is 0.249 e. The minimum absolute atomic E-state index is 0.0404. The van der Waals surface area contributed by atoms with Crippen LogP contribution in [0.4, 0.5) is 0 Å². The smallest absolute Gasteiger partial charge is 0.249 e. The molecule has 1 aliphatic carbocycles. The number of methoxy groups -OCH3 is 1. The lowest BCUT2D eigenvalue weighted by atomic mass is 9.89. The van der Waals surface area contributed by atoms with Gasteiger partial charge < -0.3 is 15.0 Å². The number of hydrogen-bond acceptors (Lipinski definition) is 3. The van der Waals surface area contributed by atoms with Crippen LogP contribution < -0.4 is 5.32 Å². The molecule has 0 aromatic heterocycles. The summed E-state index contributed by atoms with van der Waals surface area (Å²) in [4.78, 5) is 26.2. The summed E-state index contributed by atoms with van der Waals surface area (Å²) in [7, 11) is 1.64. The second kappa shape index (κ2) is 4.88. The number of ether oxygens (including phenoxy) is 1. The molecule has 2 rings (SSSR count). The Labute approximate surface area is 108 Å². The molecule has 1 aliphatic heterocycles. The van der Waals surface area contributed by atoms with Crippen LogP contribution in [-0.2, 0) is 14.3 Å². The van der Waals surface area contributed by atoms with E-state index >= 15 is 0 Å². The molecule has 18 heavy (non-hydrogen) atoms. The maximum atomic E-state index is 12.5. The number of hydrogen-bond donors (Lipinski definition) is 1. The second-order valence-corrected chi connectivity index (χ2v) is 5.49. The van der Waals surface area contributed by atoms with Gasteiger partial charge in [-0.05, 0) is 39.0 Å². The first-order chi connectivity index (χ1) is 8.50. The molecular weight excluding hydrogens is 232 g/mol. The first-order valence-electron chi connectivity index (χ1n) is 6.62. The molecule has 2 amide bonds. The summed E-state index contributed by atoms with van der Waals surface area (Å²) in [6.07, 6.45) is 2.83. The van der Waals surface area contributed by atoms with Crippen molar-refractivity contribution in [1.82, 2.24) is 10.2 Å². The Hall–Kier alpha value is -1.10. The molecule has 2 atom stereocenters. The Bertz CT molecular complexity index is 354. The van der Waals surface area contributed by atoms with E-state index in [9.17, 15) is 9.59 Å². The van der Waals surface area contributed by atoms with Crippen LogP contribution in [-0.4, -0.2) is 48.6 Å². The zero-order valence-electron chi connectivity index (χ0n) is 11.4. The van der Waals surface area contributed by atoms with Crippen molar-refractivity contribution in [2.45, 2.75) is 44.7 Å². The lowest BCUT2D eigenvalue weighted by Crippen LogP contribution is -2.69. The van der Waals surface area contributed by atoms with Crippen molar-refractivity contribution < 1.29 is 14.3 Å². The third-order valence-corrected chi connectivity index (χ3v) is 4.08. The van der Waals surface area contributed by atoms with Crippen LogP contribution in [0.1, 0.15) is 33.1 Å². The number of nitrogens with zero attached hydrogens (tertiary/aromatic N) is 1. The van der Waals surface area contributed by atoms with E-state index in [-0.39, 0.29) is 17.9 Å². The molecule has 1 saturated carbocycles. The van der Waals surface area contributed by atoms with Gasteiger partial charge in [-0.1, -0.05) is 0 Å². The van der Waals surface area contributed by atoms with Crippen LogP contribution in [0.25, 0.3) is 0 Å². The molecule has 1 heterocycles. The fraction of sp³-hybridized carbons (Fsp3) is 0.846. The molecule has 0 aromatic rings. The van der Waals surface area contributed by atoms with Crippen molar-refractivity contribution in [2.24, 2.45) is 5.92 Å². The van der Waals surface area contributed by atoms with Crippen molar-refractivity contribution >= 4 is 11.8 Å². The molecule has 2 aliphatic rings. The Morgan fingerprint density at radius 1 is 1.44 bits per heavy atom. The van der Waals surface area contributed by atoms with Crippen LogP contribution in [0, 0.1) is 5.92 Å². The molecule has 2 fully saturated rings. The van der Waals surface area contributed by atoms with Crippen molar-refractivity contribution in [3.63, 3.8) is 0 Å². The molecule has 0 aromatic carbocycles. The van der Waals surface area contributed by atoms with E-state index in [1.165, 1.54) is 0 Å². The Balaban J connectivity index is 2.10. The van der Waals surface area contributed by atoms with Crippen LogP contribution >= 0.6 is 0 Å². The molecule has 0 radical (unpaired) electrons. The molecule has 0 bridgehead atoms. The summed E-state index contributed by atoms with van der Waals surface area (Å²) in [6.45, 7) is 4.84. The van der Waals surface area contributed by atoms with Crippen LogP contribution in [0.2, 0.25) is 0 Å². The third kappa shape index (κ3) is 2.23. The van der Waals surface area contributed by atoms with E-state index in [0.717, 1.165) is 19.3 Å². The average molecular weight is 254 g/mol. The number of rotatable bonds is 5. The van der Waals surface area contributed by atoms with Crippen molar-refractivity contribution in [1.29, 1.82) is 0 Å². The highest BCUT2D eigenvalue weighted by atomic mass is 16.5. The van der Waals surface area contributed by atoms with Gasteiger partial charge in [0.2, 0.25) is 11.8 Å². The first-order valence-corrected chi connectivity index (χ1v) is 6.62. The quantitative estimate of drug-likeness (QED) is 0.728. The molecule has 0 spiro atoms. The molecule has 2 unspecified atom stereocenters. The Morgan fingerprint density at radius 3 is 2.67 bits per heavy atom. The summed E-state index contributed by atoms with van der Waals surface area (Å²) >= 11 is 0. The zero-order chi connectivity index (χ0) is 13.3. The normalized spacial score (nSPS) is 32.6. The largest absolute Gasteiger partial charge is 0.385 e. The standard InChI is InChI=1S/C13H22N2O3/c1-9-11(16)14-13(2,10-5-6-10)12(17)15(9)7-4-8-18-3/h9-10H,4-8H2,1-3H3,(H,14,16). The lowest BCUT2D eigenvalue weighted by molar-refractivity contribution is -0.154.